The summed E-state index contributed by atoms with van der Waals surface area (Å²) in [4.78, 5) is 35.7. The van der Waals surface area contributed by atoms with Crippen molar-refractivity contribution in [3.05, 3.63) is 11.6 Å². The first kappa shape index (κ1) is 15.8. The van der Waals surface area contributed by atoms with Gasteiger partial charge in [-0.1, -0.05) is 11.6 Å². The fourth-order valence-corrected chi connectivity index (χ4v) is 2.72. The van der Waals surface area contributed by atoms with Crippen LogP contribution in [-0.4, -0.2) is 17.3 Å². The molecular weight excluding hydrogens is 240 g/mol. The molecule has 106 valence electrons. The zero-order chi connectivity index (χ0) is 14.5. The minimum atomic E-state index is -0.879. The average Bonchev–Trinajstić information content (AvgIpc) is 2.31. The Morgan fingerprint density at radius 2 is 1.68 bits per heavy atom. The Bertz CT molecular complexity index is 384. The standard InChI is InChI=1S/C16H24O3/c1-12(2)6-5-10-16(11-9-13(3)17)14(18)7-4-8-15(16)19/h6H,4-5,7-11H2,1-3H3. The van der Waals surface area contributed by atoms with Crippen LogP contribution in [0.4, 0.5) is 0 Å². The summed E-state index contributed by atoms with van der Waals surface area (Å²) in [6, 6.07) is 0. The maximum atomic E-state index is 12.3. The van der Waals surface area contributed by atoms with Crippen LogP contribution >= 0.6 is 0 Å². The van der Waals surface area contributed by atoms with E-state index < -0.39 is 5.41 Å². The first-order valence-electron chi connectivity index (χ1n) is 7.08. The molecule has 19 heavy (non-hydrogen) atoms. The summed E-state index contributed by atoms with van der Waals surface area (Å²) in [5, 5.41) is 0. The summed E-state index contributed by atoms with van der Waals surface area (Å²) >= 11 is 0. The van der Waals surface area contributed by atoms with Crippen LogP contribution in [0.15, 0.2) is 11.6 Å². The molecule has 0 spiro atoms. The molecule has 0 aromatic carbocycles. The lowest BCUT2D eigenvalue weighted by Crippen LogP contribution is -2.42. The van der Waals surface area contributed by atoms with Crippen LogP contribution in [-0.2, 0) is 14.4 Å². The summed E-state index contributed by atoms with van der Waals surface area (Å²) < 4.78 is 0. The van der Waals surface area contributed by atoms with Gasteiger partial charge in [-0.15, -0.1) is 0 Å². The normalized spacial score (nSPS) is 18.3. The predicted octanol–water partition coefficient (Wildman–Crippen LogP) is 3.41. The van der Waals surface area contributed by atoms with Gasteiger partial charge in [0.1, 0.15) is 17.3 Å². The Labute approximate surface area is 115 Å². The third kappa shape index (κ3) is 4.12. The predicted molar refractivity (Wildman–Crippen MR) is 74.9 cm³/mol. The van der Waals surface area contributed by atoms with Crippen molar-refractivity contribution >= 4 is 17.3 Å². The van der Waals surface area contributed by atoms with Crippen LogP contribution in [0.5, 0.6) is 0 Å². The molecule has 0 saturated heterocycles. The van der Waals surface area contributed by atoms with Crippen LogP contribution in [0.25, 0.3) is 0 Å². The third-order valence-electron chi connectivity index (χ3n) is 3.90. The van der Waals surface area contributed by atoms with E-state index in [-0.39, 0.29) is 17.3 Å². The second kappa shape index (κ2) is 6.78. The van der Waals surface area contributed by atoms with E-state index in [1.165, 1.54) is 12.5 Å². The fourth-order valence-electron chi connectivity index (χ4n) is 2.72. The van der Waals surface area contributed by atoms with Crippen molar-refractivity contribution in [1.29, 1.82) is 0 Å². The molecule has 1 saturated carbocycles. The number of hydrogen-bond acceptors (Lipinski definition) is 3. The van der Waals surface area contributed by atoms with E-state index >= 15 is 0 Å². The molecule has 0 amide bonds. The lowest BCUT2D eigenvalue weighted by Gasteiger charge is -2.34. The number of allylic oxidation sites excluding steroid dienone is 2. The Morgan fingerprint density at radius 1 is 1.11 bits per heavy atom. The lowest BCUT2D eigenvalue weighted by molar-refractivity contribution is -0.145. The van der Waals surface area contributed by atoms with Crippen molar-refractivity contribution in [3.8, 4) is 0 Å². The van der Waals surface area contributed by atoms with Crippen molar-refractivity contribution < 1.29 is 14.4 Å². The molecule has 0 aromatic rings. The Balaban J connectivity index is 2.87. The topological polar surface area (TPSA) is 51.2 Å². The first-order valence-corrected chi connectivity index (χ1v) is 7.08. The van der Waals surface area contributed by atoms with Crippen molar-refractivity contribution in [2.75, 3.05) is 0 Å². The molecule has 0 aromatic heterocycles. The van der Waals surface area contributed by atoms with Crippen molar-refractivity contribution in [3.63, 3.8) is 0 Å². The van der Waals surface area contributed by atoms with Crippen molar-refractivity contribution in [2.24, 2.45) is 5.41 Å². The van der Waals surface area contributed by atoms with E-state index in [4.69, 9.17) is 0 Å². The average molecular weight is 264 g/mol. The second-order valence-corrected chi connectivity index (χ2v) is 5.80. The van der Waals surface area contributed by atoms with E-state index in [0.29, 0.717) is 38.5 Å². The van der Waals surface area contributed by atoms with Gasteiger partial charge in [0.15, 0.2) is 0 Å². The first-order chi connectivity index (χ1) is 8.88. The maximum absolute atomic E-state index is 12.3. The van der Waals surface area contributed by atoms with Crippen molar-refractivity contribution in [2.45, 2.75) is 65.7 Å². The van der Waals surface area contributed by atoms with Gasteiger partial charge in [0, 0.05) is 19.3 Å². The van der Waals surface area contributed by atoms with Gasteiger partial charge in [-0.25, -0.2) is 0 Å². The highest BCUT2D eigenvalue weighted by atomic mass is 16.2. The molecule has 1 rings (SSSR count). The van der Waals surface area contributed by atoms with E-state index in [1.54, 1.807) is 0 Å². The second-order valence-electron chi connectivity index (χ2n) is 5.80. The van der Waals surface area contributed by atoms with Gasteiger partial charge in [0.25, 0.3) is 0 Å². The largest absolute Gasteiger partial charge is 0.300 e. The van der Waals surface area contributed by atoms with Gasteiger partial charge < -0.3 is 4.79 Å². The van der Waals surface area contributed by atoms with Crippen LogP contribution in [0, 0.1) is 5.41 Å². The number of ketones is 3. The Kier molecular flexibility index (Phi) is 5.64. The number of carbonyl (C=O) groups is 3. The molecule has 1 aliphatic carbocycles. The van der Waals surface area contributed by atoms with Crippen LogP contribution < -0.4 is 0 Å². The SMILES string of the molecule is CC(=O)CCC1(CCC=C(C)C)C(=O)CCCC1=O. The molecule has 3 heteroatoms. The summed E-state index contributed by atoms with van der Waals surface area (Å²) in [6.45, 7) is 5.53. The van der Waals surface area contributed by atoms with Gasteiger partial charge in [-0.05, 0) is 46.5 Å². The minimum Gasteiger partial charge on any atom is -0.300 e. The van der Waals surface area contributed by atoms with E-state index in [1.807, 2.05) is 13.8 Å². The van der Waals surface area contributed by atoms with Gasteiger partial charge in [-0.2, -0.15) is 0 Å². The molecule has 1 fully saturated rings. The maximum Gasteiger partial charge on any atom is 0.146 e. The van der Waals surface area contributed by atoms with E-state index in [2.05, 4.69) is 6.08 Å². The molecule has 0 atom stereocenters. The van der Waals surface area contributed by atoms with E-state index in [9.17, 15) is 14.4 Å². The smallest absolute Gasteiger partial charge is 0.146 e. The Morgan fingerprint density at radius 3 is 2.16 bits per heavy atom. The van der Waals surface area contributed by atoms with Gasteiger partial charge in [0.2, 0.25) is 0 Å². The lowest BCUT2D eigenvalue weighted by atomic mass is 9.66. The van der Waals surface area contributed by atoms with Crippen LogP contribution in [0.1, 0.15) is 65.7 Å². The summed E-state index contributed by atoms with van der Waals surface area (Å²) in [7, 11) is 0. The fraction of sp³-hybridized carbons (Fsp3) is 0.688. The number of carbonyl (C=O) groups excluding carboxylic acids is 3. The van der Waals surface area contributed by atoms with Crippen LogP contribution in [0.3, 0.4) is 0 Å². The highest BCUT2D eigenvalue weighted by Gasteiger charge is 2.45. The molecule has 0 N–H and O–H groups in total. The van der Waals surface area contributed by atoms with Gasteiger partial charge in [-0.3, -0.25) is 9.59 Å². The quantitative estimate of drug-likeness (QED) is 0.545. The number of rotatable bonds is 6. The molecule has 0 unspecified atom stereocenters. The molecule has 0 heterocycles. The summed E-state index contributed by atoms with van der Waals surface area (Å²) in [5.74, 6) is 0.145. The number of hydrogen-bond donors (Lipinski definition) is 0. The molecule has 0 bridgehead atoms. The molecular formula is C16H24O3. The zero-order valence-corrected chi connectivity index (χ0v) is 12.3. The van der Waals surface area contributed by atoms with Gasteiger partial charge in [0.05, 0.1) is 5.41 Å². The highest BCUT2D eigenvalue weighted by molar-refractivity contribution is 6.09. The molecule has 1 aliphatic rings. The number of Topliss-reactive ketones (excluding diaryl/α,β-unsaturated/α-hetero) is 3. The summed E-state index contributed by atoms with van der Waals surface area (Å²) in [6.07, 6.45) is 5.72. The van der Waals surface area contributed by atoms with E-state index in [0.717, 1.165) is 6.42 Å². The molecule has 0 radical (unpaired) electrons. The van der Waals surface area contributed by atoms with Crippen molar-refractivity contribution in [1.82, 2.24) is 0 Å². The molecule has 0 aliphatic heterocycles. The zero-order valence-electron chi connectivity index (χ0n) is 12.3. The minimum absolute atomic E-state index is 0.0483. The highest BCUT2D eigenvalue weighted by Crippen LogP contribution is 2.39. The van der Waals surface area contributed by atoms with Gasteiger partial charge >= 0.3 is 0 Å². The summed E-state index contributed by atoms with van der Waals surface area (Å²) in [5.41, 5.74) is 0.313. The monoisotopic (exact) mass is 264 g/mol. The Hall–Kier alpha value is -1.25. The molecule has 3 nitrogen and oxygen atoms in total. The van der Waals surface area contributed by atoms with Crippen LogP contribution in [0.2, 0.25) is 0 Å². The third-order valence-corrected chi connectivity index (χ3v) is 3.90.